The van der Waals surface area contributed by atoms with Crippen LogP contribution in [-0.2, 0) is 0 Å². The maximum Gasteiger partial charge on any atom is 0.358 e. The van der Waals surface area contributed by atoms with Crippen molar-refractivity contribution in [2.24, 2.45) is 0 Å². The first kappa shape index (κ1) is 11.5. The van der Waals surface area contributed by atoms with Crippen molar-refractivity contribution in [2.45, 2.75) is 0 Å². The van der Waals surface area contributed by atoms with E-state index in [1.807, 2.05) is 0 Å². The molecule has 1 heterocycles. The van der Waals surface area contributed by atoms with E-state index in [1.165, 1.54) is 13.2 Å². The number of carbonyl (C=O) groups is 1. The summed E-state index contributed by atoms with van der Waals surface area (Å²) < 4.78 is 10.1. The van der Waals surface area contributed by atoms with Gasteiger partial charge in [0.15, 0.2) is 11.5 Å². The fourth-order valence-electron chi connectivity index (χ4n) is 1.38. The highest BCUT2D eigenvalue weighted by Crippen LogP contribution is 2.32. The van der Waals surface area contributed by atoms with Crippen molar-refractivity contribution < 1.29 is 19.2 Å². The summed E-state index contributed by atoms with van der Waals surface area (Å²) in [6.45, 7) is 0. The first-order chi connectivity index (χ1) is 8.11. The van der Waals surface area contributed by atoms with Gasteiger partial charge in [0.1, 0.15) is 5.75 Å². The van der Waals surface area contributed by atoms with Crippen LogP contribution < -0.4 is 4.74 Å². The number of rotatable bonds is 3. The van der Waals surface area contributed by atoms with E-state index in [1.54, 1.807) is 18.2 Å². The Morgan fingerprint density at radius 1 is 1.47 bits per heavy atom. The molecule has 0 aliphatic carbocycles. The minimum Gasteiger partial charge on any atom is -0.496 e. The van der Waals surface area contributed by atoms with Crippen molar-refractivity contribution in [3.05, 3.63) is 35.0 Å². The molecule has 2 rings (SSSR count). The summed E-state index contributed by atoms with van der Waals surface area (Å²) in [5, 5.41) is 12.7. The van der Waals surface area contributed by atoms with Crippen molar-refractivity contribution in [1.29, 1.82) is 0 Å². The Kier molecular flexibility index (Phi) is 3.01. The molecule has 88 valence electrons. The van der Waals surface area contributed by atoms with E-state index in [0.29, 0.717) is 22.1 Å². The third-order valence-corrected chi connectivity index (χ3v) is 2.39. The molecule has 0 radical (unpaired) electrons. The van der Waals surface area contributed by atoms with Gasteiger partial charge in [-0.15, -0.1) is 0 Å². The molecule has 0 saturated carbocycles. The van der Waals surface area contributed by atoms with Crippen molar-refractivity contribution in [3.8, 4) is 17.1 Å². The standard InChI is InChI=1S/C11H8ClNO4/c1-16-9-3-2-6(12)4-7(9)10-5-8(11(14)15)13-17-10/h2-5H,1H3,(H,14,15). The minimum absolute atomic E-state index is 0.165. The van der Waals surface area contributed by atoms with Crippen LogP contribution in [0.15, 0.2) is 28.8 Å². The molecule has 1 N–H and O–H groups in total. The quantitative estimate of drug-likeness (QED) is 0.910. The fraction of sp³-hybridized carbons (Fsp3) is 0.0909. The Morgan fingerprint density at radius 2 is 2.24 bits per heavy atom. The number of aromatic carboxylic acids is 1. The lowest BCUT2D eigenvalue weighted by molar-refractivity contribution is 0.0686. The van der Waals surface area contributed by atoms with E-state index in [9.17, 15) is 4.79 Å². The van der Waals surface area contributed by atoms with Gasteiger partial charge in [-0.1, -0.05) is 16.8 Å². The number of methoxy groups -OCH3 is 1. The lowest BCUT2D eigenvalue weighted by atomic mass is 10.1. The van der Waals surface area contributed by atoms with Crippen LogP contribution in [0.4, 0.5) is 0 Å². The van der Waals surface area contributed by atoms with Crippen molar-refractivity contribution >= 4 is 17.6 Å². The predicted molar refractivity (Wildman–Crippen MR) is 60.5 cm³/mol. The summed E-state index contributed by atoms with van der Waals surface area (Å²) >= 11 is 5.86. The second-order valence-corrected chi connectivity index (χ2v) is 3.66. The van der Waals surface area contributed by atoms with E-state index in [2.05, 4.69) is 5.16 Å². The van der Waals surface area contributed by atoms with Crippen molar-refractivity contribution in [2.75, 3.05) is 7.11 Å². The third kappa shape index (κ3) is 2.24. The highest BCUT2D eigenvalue weighted by molar-refractivity contribution is 6.30. The van der Waals surface area contributed by atoms with Crippen LogP contribution in [0.5, 0.6) is 5.75 Å². The molecule has 0 atom stereocenters. The molecular weight excluding hydrogens is 246 g/mol. The molecule has 5 nitrogen and oxygen atoms in total. The van der Waals surface area contributed by atoms with Gasteiger partial charge in [0.05, 0.1) is 12.7 Å². The zero-order valence-corrected chi connectivity index (χ0v) is 9.56. The van der Waals surface area contributed by atoms with Gasteiger partial charge in [-0.3, -0.25) is 0 Å². The van der Waals surface area contributed by atoms with Gasteiger partial charge in [-0.2, -0.15) is 0 Å². The van der Waals surface area contributed by atoms with Gasteiger partial charge in [0.2, 0.25) is 0 Å². The average molecular weight is 254 g/mol. The van der Waals surface area contributed by atoms with Gasteiger partial charge >= 0.3 is 5.97 Å². The number of nitrogens with zero attached hydrogens (tertiary/aromatic N) is 1. The van der Waals surface area contributed by atoms with Crippen molar-refractivity contribution in [3.63, 3.8) is 0 Å². The highest BCUT2D eigenvalue weighted by Gasteiger charge is 2.15. The zero-order chi connectivity index (χ0) is 12.4. The van der Waals surface area contributed by atoms with Crippen LogP contribution in [0.1, 0.15) is 10.5 Å². The number of hydrogen-bond acceptors (Lipinski definition) is 4. The maximum atomic E-state index is 10.7. The smallest absolute Gasteiger partial charge is 0.358 e. The summed E-state index contributed by atoms with van der Waals surface area (Å²) in [6, 6.07) is 6.27. The number of benzene rings is 1. The number of ether oxygens (including phenoxy) is 1. The Morgan fingerprint density at radius 3 is 2.82 bits per heavy atom. The molecule has 0 spiro atoms. The molecule has 0 aliphatic heterocycles. The van der Waals surface area contributed by atoms with Crippen LogP contribution in [-0.4, -0.2) is 23.3 Å². The minimum atomic E-state index is -1.15. The summed E-state index contributed by atoms with van der Waals surface area (Å²) in [5.74, 6) is -0.328. The van der Waals surface area contributed by atoms with Gasteiger partial charge in [-0.25, -0.2) is 4.79 Å². The Hall–Kier alpha value is -2.01. The molecule has 2 aromatic rings. The van der Waals surface area contributed by atoms with E-state index >= 15 is 0 Å². The second kappa shape index (κ2) is 4.47. The molecule has 0 fully saturated rings. The zero-order valence-electron chi connectivity index (χ0n) is 8.81. The number of hydrogen-bond donors (Lipinski definition) is 1. The molecular formula is C11H8ClNO4. The number of carboxylic acid groups (broad SMARTS) is 1. The molecule has 1 aromatic heterocycles. The second-order valence-electron chi connectivity index (χ2n) is 3.23. The molecule has 6 heteroatoms. The molecule has 0 bridgehead atoms. The molecule has 17 heavy (non-hydrogen) atoms. The van der Waals surface area contributed by atoms with Crippen LogP contribution in [0.2, 0.25) is 5.02 Å². The highest BCUT2D eigenvalue weighted by atomic mass is 35.5. The summed E-state index contributed by atoms with van der Waals surface area (Å²) in [4.78, 5) is 10.7. The molecule has 1 aromatic carbocycles. The topological polar surface area (TPSA) is 72.6 Å². The fourth-order valence-corrected chi connectivity index (χ4v) is 1.55. The van der Waals surface area contributed by atoms with E-state index in [4.69, 9.17) is 26.0 Å². The molecule has 0 saturated heterocycles. The lowest BCUT2D eigenvalue weighted by Crippen LogP contribution is -1.94. The Balaban J connectivity index is 2.51. The van der Waals surface area contributed by atoms with E-state index in [0.717, 1.165) is 0 Å². The summed E-state index contributed by atoms with van der Waals surface area (Å²) in [6.07, 6.45) is 0. The first-order valence-corrected chi connectivity index (χ1v) is 5.03. The Bertz CT molecular complexity index is 564. The summed E-state index contributed by atoms with van der Waals surface area (Å²) in [5.41, 5.74) is 0.391. The van der Waals surface area contributed by atoms with Gasteiger partial charge in [-0.05, 0) is 18.2 Å². The maximum absolute atomic E-state index is 10.7. The Labute approximate surface area is 102 Å². The monoisotopic (exact) mass is 253 g/mol. The predicted octanol–water partition coefficient (Wildman–Crippen LogP) is 2.70. The normalized spacial score (nSPS) is 10.2. The number of aromatic nitrogens is 1. The SMILES string of the molecule is COc1ccc(Cl)cc1-c1cc(C(=O)O)no1. The average Bonchev–Trinajstić information content (AvgIpc) is 2.78. The van der Waals surface area contributed by atoms with Gasteiger partial charge in [0.25, 0.3) is 0 Å². The largest absolute Gasteiger partial charge is 0.496 e. The molecule has 0 amide bonds. The first-order valence-electron chi connectivity index (χ1n) is 4.65. The van der Waals surface area contributed by atoms with Gasteiger partial charge in [0, 0.05) is 11.1 Å². The van der Waals surface area contributed by atoms with Gasteiger partial charge < -0.3 is 14.4 Å². The van der Waals surface area contributed by atoms with E-state index < -0.39 is 5.97 Å². The van der Waals surface area contributed by atoms with Crippen LogP contribution in [0, 0.1) is 0 Å². The van der Waals surface area contributed by atoms with Crippen LogP contribution >= 0.6 is 11.6 Å². The van der Waals surface area contributed by atoms with Crippen molar-refractivity contribution in [1.82, 2.24) is 5.16 Å². The molecule has 0 aliphatic rings. The number of carboxylic acids is 1. The van der Waals surface area contributed by atoms with E-state index in [-0.39, 0.29) is 5.69 Å². The van der Waals surface area contributed by atoms with Crippen LogP contribution in [0.25, 0.3) is 11.3 Å². The lowest BCUT2D eigenvalue weighted by Gasteiger charge is -2.05. The molecule has 0 unspecified atom stereocenters. The third-order valence-electron chi connectivity index (χ3n) is 2.16. The summed E-state index contributed by atoms with van der Waals surface area (Å²) in [7, 11) is 1.50. The number of halogens is 1. The van der Waals surface area contributed by atoms with Crippen LogP contribution in [0.3, 0.4) is 0 Å².